The van der Waals surface area contributed by atoms with Crippen LogP contribution in [0.4, 0.5) is 29.3 Å². The van der Waals surface area contributed by atoms with Gasteiger partial charge in [-0.1, -0.05) is 56.0 Å². The Hall–Kier alpha value is -4.27. The number of hydrogen-bond acceptors (Lipinski definition) is 4. The van der Waals surface area contributed by atoms with E-state index in [9.17, 15) is 22.8 Å². The van der Waals surface area contributed by atoms with Crippen LogP contribution >= 0.6 is 0 Å². The van der Waals surface area contributed by atoms with Crippen molar-refractivity contribution in [1.29, 1.82) is 0 Å². The Bertz CT molecular complexity index is 1500. The van der Waals surface area contributed by atoms with Gasteiger partial charge in [-0.15, -0.1) is 0 Å². The molecule has 0 unspecified atom stereocenters. The van der Waals surface area contributed by atoms with Crippen molar-refractivity contribution in [2.75, 3.05) is 23.4 Å². The molecule has 1 saturated heterocycles. The van der Waals surface area contributed by atoms with Crippen LogP contribution in [0.3, 0.4) is 0 Å². The number of anilines is 2. The van der Waals surface area contributed by atoms with Gasteiger partial charge in [0, 0.05) is 34.9 Å². The number of halogens is 3. The Morgan fingerprint density at radius 2 is 1.77 bits per heavy atom. The number of alkyl halides is 3. The van der Waals surface area contributed by atoms with Gasteiger partial charge in [0.1, 0.15) is 6.61 Å². The second-order valence-corrected chi connectivity index (χ2v) is 9.31. The van der Waals surface area contributed by atoms with Gasteiger partial charge < -0.3 is 14.6 Å². The summed E-state index contributed by atoms with van der Waals surface area (Å²) in [6.07, 6.45) is -3.05. The van der Waals surface area contributed by atoms with E-state index in [4.69, 9.17) is 4.74 Å². The fourth-order valence-electron chi connectivity index (χ4n) is 4.93. The van der Waals surface area contributed by atoms with Crippen LogP contribution in [0.25, 0.3) is 10.9 Å². The topological polar surface area (TPSA) is 74.4 Å². The third-order valence-electron chi connectivity index (χ3n) is 6.74. The summed E-state index contributed by atoms with van der Waals surface area (Å²) in [7, 11) is 0. The van der Waals surface area contributed by atoms with Crippen LogP contribution in [-0.2, 0) is 17.3 Å². The van der Waals surface area contributed by atoms with Crippen molar-refractivity contribution in [2.45, 2.75) is 38.9 Å². The molecule has 39 heavy (non-hydrogen) atoms. The van der Waals surface area contributed by atoms with Crippen molar-refractivity contribution in [1.82, 2.24) is 4.98 Å². The number of hydrogen-bond donors (Lipinski definition) is 2. The summed E-state index contributed by atoms with van der Waals surface area (Å²) in [5, 5.41) is 2.75. The van der Waals surface area contributed by atoms with E-state index >= 15 is 0 Å². The molecule has 0 aliphatic carbocycles. The highest BCUT2D eigenvalue weighted by Gasteiger charge is 2.34. The molecule has 6 nitrogen and oxygen atoms in total. The number of nitrogens with zero attached hydrogens (tertiary/aromatic N) is 1. The van der Waals surface area contributed by atoms with Crippen molar-refractivity contribution in [2.24, 2.45) is 0 Å². The molecule has 0 spiro atoms. The first-order valence-corrected chi connectivity index (χ1v) is 12.3. The van der Waals surface area contributed by atoms with Gasteiger partial charge in [0.15, 0.2) is 0 Å². The molecule has 1 aromatic heterocycles. The molecule has 3 aromatic carbocycles. The first-order valence-electron chi connectivity index (χ1n) is 12.3. The minimum absolute atomic E-state index is 0. The predicted octanol–water partition coefficient (Wildman–Crippen LogP) is 6.99. The molecule has 2 heterocycles. The average molecular weight is 538 g/mol. The van der Waals surface area contributed by atoms with Crippen molar-refractivity contribution in [3.05, 3.63) is 106 Å². The number of aromatic nitrogens is 1. The highest BCUT2D eigenvalue weighted by atomic mass is 19.4. The van der Waals surface area contributed by atoms with E-state index in [0.29, 0.717) is 30.4 Å². The monoisotopic (exact) mass is 537 g/mol. The lowest BCUT2D eigenvalue weighted by molar-refractivity contribution is -0.136. The van der Waals surface area contributed by atoms with E-state index in [0.717, 1.165) is 24.0 Å². The average Bonchev–Trinajstić information content (AvgIpc) is 3.37. The summed E-state index contributed by atoms with van der Waals surface area (Å²) in [6.45, 7) is 0.703. The van der Waals surface area contributed by atoms with Crippen LogP contribution in [0, 0.1) is 0 Å². The predicted molar refractivity (Wildman–Crippen MR) is 147 cm³/mol. The number of nitrogens with one attached hydrogen (secondary N) is 2. The molecule has 0 saturated carbocycles. The summed E-state index contributed by atoms with van der Waals surface area (Å²) in [6, 6.07) is 22.4. The lowest BCUT2D eigenvalue weighted by Gasteiger charge is -2.27. The highest BCUT2D eigenvalue weighted by Crippen LogP contribution is 2.36. The molecule has 5 rings (SSSR count). The molecule has 204 valence electrons. The van der Waals surface area contributed by atoms with E-state index in [2.05, 4.69) is 10.3 Å². The number of carbonyl (C=O) groups excluding carboxylic acids is 1. The van der Waals surface area contributed by atoms with Crippen molar-refractivity contribution in [3.63, 3.8) is 0 Å². The van der Waals surface area contributed by atoms with Gasteiger partial charge in [0.2, 0.25) is 5.56 Å². The number of ether oxygens (including phenoxy) is 1. The van der Waals surface area contributed by atoms with E-state index in [-0.39, 0.29) is 31.0 Å². The normalized spacial score (nSPS) is 15.2. The summed E-state index contributed by atoms with van der Waals surface area (Å²) < 4.78 is 46.3. The van der Waals surface area contributed by atoms with E-state index in [1.807, 2.05) is 59.5 Å². The summed E-state index contributed by atoms with van der Waals surface area (Å²) in [4.78, 5) is 28.8. The Morgan fingerprint density at radius 3 is 2.54 bits per heavy atom. The van der Waals surface area contributed by atoms with Crippen LogP contribution in [0.15, 0.2) is 83.7 Å². The second-order valence-electron chi connectivity index (χ2n) is 9.31. The number of aromatic amines is 1. The molecule has 4 aromatic rings. The van der Waals surface area contributed by atoms with Crippen LogP contribution in [0.5, 0.6) is 0 Å². The molecule has 0 radical (unpaired) electrons. The number of carbonyl (C=O) groups is 1. The summed E-state index contributed by atoms with van der Waals surface area (Å²) in [5.41, 5.74) is 1.65. The first kappa shape index (κ1) is 27.8. The highest BCUT2D eigenvalue weighted by molar-refractivity contribution is 5.87. The maximum atomic E-state index is 13.6. The molecular formula is C30H30F3N3O3. The van der Waals surface area contributed by atoms with Crippen LogP contribution in [0.2, 0.25) is 0 Å². The molecular weight excluding hydrogens is 507 g/mol. The van der Waals surface area contributed by atoms with Gasteiger partial charge in [-0.05, 0) is 54.7 Å². The number of pyridine rings is 1. The van der Waals surface area contributed by atoms with Gasteiger partial charge in [-0.2, -0.15) is 13.2 Å². The number of para-hydroxylation sites is 1. The number of fused-ring (bicyclic) bond motifs is 1. The third-order valence-corrected chi connectivity index (χ3v) is 6.74. The van der Waals surface area contributed by atoms with Crippen LogP contribution < -0.4 is 15.8 Å². The molecule has 1 amide bonds. The molecule has 0 bridgehead atoms. The van der Waals surface area contributed by atoms with Crippen molar-refractivity contribution in [3.8, 4) is 0 Å². The van der Waals surface area contributed by atoms with Crippen LogP contribution in [0.1, 0.15) is 37.0 Å². The molecule has 1 aliphatic rings. The number of amides is 1. The maximum absolute atomic E-state index is 13.6. The Labute approximate surface area is 224 Å². The quantitative estimate of drug-likeness (QED) is 0.278. The largest absolute Gasteiger partial charge is 0.447 e. The Morgan fingerprint density at radius 1 is 1.03 bits per heavy atom. The van der Waals surface area contributed by atoms with Gasteiger partial charge in [-0.3, -0.25) is 10.1 Å². The van der Waals surface area contributed by atoms with E-state index in [1.165, 1.54) is 12.1 Å². The van der Waals surface area contributed by atoms with Crippen LogP contribution in [-0.4, -0.2) is 30.3 Å². The number of H-pyrrole nitrogens is 1. The zero-order valence-corrected chi connectivity index (χ0v) is 20.4. The Kier molecular flexibility index (Phi) is 8.28. The number of rotatable bonds is 6. The first-order chi connectivity index (χ1) is 18.3. The molecule has 1 fully saturated rings. The summed E-state index contributed by atoms with van der Waals surface area (Å²) >= 11 is 0. The lowest BCUT2D eigenvalue weighted by Crippen LogP contribution is -2.34. The second kappa shape index (κ2) is 11.6. The molecule has 9 heteroatoms. The van der Waals surface area contributed by atoms with Gasteiger partial charge in [-0.25, -0.2) is 4.79 Å². The Balaban J connectivity index is 0.00000353. The van der Waals surface area contributed by atoms with Gasteiger partial charge >= 0.3 is 12.3 Å². The number of benzene rings is 3. The van der Waals surface area contributed by atoms with E-state index in [1.54, 1.807) is 6.07 Å². The lowest BCUT2D eigenvalue weighted by atomic mass is 10.0. The fourth-order valence-corrected chi connectivity index (χ4v) is 4.93. The standard InChI is InChI=1S/C29H26F3N3O3.CH4/c30-29(31,32)24-17-27(36)33-26-13-12-21(16-23(24)26)35-14-6-10-22(35)18-38-28(37)34-25-11-5-4-9-20(25)15-19-7-2-1-3-8-19;/h1-5,7-9,11-13,16-17,22H,6,10,14-15,18H2,(H,33,36)(H,34,37);1H4/t22-;/m1./s1. The van der Waals surface area contributed by atoms with E-state index < -0.39 is 23.4 Å². The maximum Gasteiger partial charge on any atom is 0.417 e. The zero-order chi connectivity index (χ0) is 26.7. The smallest absolute Gasteiger partial charge is 0.417 e. The molecule has 2 N–H and O–H groups in total. The minimum atomic E-state index is -4.66. The van der Waals surface area contributed by atoms with Crippen molar-refractivity contribution < 1.29 is 22.7 Å². The fraction of sp³-hybridized carbons (Fsp3) is 0.267. The van der Waals surface area contributed by atoms with Gasteiger partial charge in [0.25, 0.3) is 0 Å². The SMILES string of the molecule is C.O=C(Nc1ccccc1Cc1ccccc1)OC[C@H]1CCCN1c1ccc2[nH]c(=O)cc(C(F)(F)F)c2c1. The third kappa shape index (κ3) is 6.42. The molecule has 1 atom stereocenters. The van der Waals surface area contributed by atoms with Crippen molar-refractivity contribution >= 4 is 28.4 Å². The zero-order valence-electron chi connectivity index (χ0n) is 20.4. The molecule has 1 aliphatic heterocycles. The minimum Gasteiger partial charge on any atom is -0.447 e. The van der Waals surface area contributed by atoms with Gasteiger partial charge in [0.05, 0.1) is 11.6 Å². The summed E-state index contributed by atoms with van der Waals surface area (Å²) in [5.74, 6) is 0.